The summed E-state index contributed by atoms with van der Waals surface area (Å²) in [6.07, 6.45) is 3.79. The van der Waals surface area contributed by atoms with Crippen LogP contribution in [0.5, 0.6) is 0 Å². The molecule has 0 saturated carbocycles. The molecule has 0 aliphatic heterocycles. The summed E-state index contributed by atoms with van der Waals surface area (Å²) in [5.41, 5.74) is 1.65. The van der Waals surface area contributed by atoms with E-state index in [1.807, 2.05) is 52.5 Å². The maximum Gasteiger partial charge on any atom is 0.272 e. The van der Waals surface area contributed by atoms with Crippen LogP contribution in [-0.4, -0.2) is 25.1 Å². The number of nitrogens with one attached hydrogen (secondary N) is 1. The molecule has 0 aliphatic carbocycles. The standard InChI is InChI=1S/C18H15N5O2S/c24-16-7-6-15(21-23(16)11-13-4-2-1-3-5-13)17(25)19-10-14-12-22-8-9-26-18(22)20-14/h1-9,12H,10-11H2,(H,19,25). The molecule has 0 atom stereocenters. The third-order valence-corrected chi connectivity index (χ3v) is 4.62. The Morgan fingerprint density at radius 3 is 2.81 bits per heavy atom. The highest BCUT2D eigenvalue weighted by atomic mass is 32.1. The van der Waals surface area contributed by atoms with Crippen molar-refractivity contribution in [2.24, 2.45) is 0 Å². The number of amides is 1. The van der Waals surface area contributed by atoms with E-state index in [-0.39, 0.29) is 17.2 Å². The number of carbonyl (C=O) groups excluding carboxylic acids is 1. The third-order valence-electron chi connectivity index (χ3n) is 3.85. The molecule has 0 bridgehead atoms. The molecule has 1 N–H and O–H groups in total. The molecule has 3 aromatic heterocycles. The van der Waals surface area contributed by atoms with E-state index in [2.05, 4.69) is 15.4 Å². The molecule has 0 saturated heterocycles. The number of hydrogen-bond acceptors (Lipinski definition) is 5. The maximum absolute atomic E-state index is 12.4. The molecule has 0 radical (unpaired) electrons. The van der Waals surface area contributed by atoms with Crippen LogP contribution in [0.15, 0.2) is 65.0 Å². The Hall–Kier alpha value is -3.26. The minimum Gasteiger partial charge on any atom is -0.345 e. The number of thiazole rings is 1. The minimum atomic E-state index is -0.344. The topological polar surface area (TPSA) is 81.3 Å². The van der Waals surface area contributed by atoms with Crippen LogP contribution in [0.25, 0.3) is 4.96 Å². The largest absolute Gasteiger partial charge is 0.345 e. The van der Waals surface area contributed by atoms with Gasteiger partial charge in [-0.15, -0.1) is 11.3 Å². The normalized spacial score (nSPS) is 10.9. The van der Waals surface area contributed by atoms with E-state index >= 15 is 0 Å². The van der Waals surface area contributed by atoms with Gasteiger partial charge in [0.25, 0.3) is 11.5 Å². The first kappa shape index (κ1) is 16.2. The molecule has 3 heterocycles. The summed E-state index contributed by atoms with van der Waals surface area (Å²) in [4.78, 5) is 29.7. The number of imidazole rings is 1. The number of hydrogen-bond donors (Lipinski definition) is 1. The average molecular weight is 365 g/mol. The molecule has 4 aromatic rings. The van der Waals surface area contributed by atoms with Crippen LogP contribution < -0.4 is 10.9 Å². The van der Waals surface area contributed by atoms with Crippen molar-refractivity contribution in [3.63, 3.8) is 0 Å². The molecule has 1 aromatic carbocycles. The summed E-state index contributed by atoms with van der Waals surface area (Å²) < 4.78 is 3.20. The van der Waals surface area contributed by atoms with Gasteiger partial charge in [-0.25, -0.2) is 9.67 Å². The molecule has 8 heteroatoms. The van der Waals surface area contributed by atoms with Gasteiger partial charge in [0.15, 0.2) is 4.96 Å². The fraction of sp³-hybridized carbons (Fsp3) is 0.111. The first-order chi connectivity index (χ1) is 12.7. The molecule has 0 aliphatic rings. The number of nitrogens with zero attached hydrogens (tertiary/aromatic N) is 4. The van der Waals surface area contributed by atoms with Gasteiger partial charge in [-0.3, -0.25) is 14.0 Å². The third kappa shape index (κ3) is 3.40. The Morgan fingerprint density at radius 2 is 2.00 bits per heavy atom. The van der Waals surface area contributed by atoms with E-state index in [1.165, 1.54) is 28.2 Å². The van der Waals surface area contributed by atoms with E-state index < -0.39 is 0 Å². The molecule has 1 amide bonds. The molecule has 0 fully saturated rings. The van der Waals surface area contributed by atoms with Crippen LogP contribution in [0, 0.1) is 0 Å². The van der Waals surface area contributed by atoms with Gasteiger partial charge in [-0.05, 0) is 11.6 Å². The zero-order valence-electron chi connectivity index (χ0n) is 13.7. The van der Waals surface area contributed by atoms with Gasteiger partial charge < -0.3 is 5.32 Å². The molecule has 130 valence electrons. The van der Waals surface area contributed by atoms with Crippen LogP contribution in [0.4, 0.5) is 0 Å². The summed E-state index contributed by atoms with van der Waals surface area (Å²) >= 11 is 1.53. The van der Waals surface area contributed by atoms with Gasteiger partial charge >= 0.3 is 0 Å². The van der Waals surface area contributed by atoms with Gasteiger partial charge in [-0.1, -0.05) is 30.3 Å². The molecule has 0 spiro atoms. The van der Waals surface area contributed by atoms with Crippen molar-refractivity contribution < 1.29 is 4.79 Å². The van der Waals surface area contributed by atoms with E-state index in [0.717, 1.165) is 16.2 Å². The van der Waals surface area contributed by atoms with Gasteiger partial charge in [0.1, 0.15) is 5.69 Å². The van der Waals surface area contributed by atoms with Gasteiger partial charge in [0, 0.05) is 23.8 Å². The summed E-state index contributed by atoms with van der Waals surface area (Å²) in [6.45, 7) is 0.616. The summed E-state index contributed by atoms with van der Waals surface area (Å²) in [7, 11) is 0. The number of rotatable bonds is 5. The Balaban J connectivity index is 1.47. The summed E-state index contributed by atoms with van der Waals surface area (Å²) in [5.74, 6) is -0.344. The van der Waals surface area contributed by atoms with Crippen LogP contribution in [0.2, 0.25) is 0 Å². The van der Waals surface area contributed by atoms with Crippen molar-refractivity contribution in [1.82, 2.24) is 24.5 Å². The lowest BCUT2D eigenvalue weighted by Crippen LogP contribution is -2.29. The van der Waals surface area contributed by atoms with E-state index in [1.54, 1.807) is 0 Å². The van der Waals surface area contributed by atoms with Crippen molar-refractivity contribution in [1.29, 1.82) is 0 Å². The highest BCUT2D eigenvalue weighted by Gasteiger charge is 2.11. The molecule has 0 unspecified atom stereocenters. The predicted octanol–water partition coefficient (Wildman–Crippen LogP) is 1.93. The highest BCUT2D eigenvalue weighted by molar-refractivity contribution is 7.15. The van der Waals surface area contributed by atoms with E-state index in [9.17, 15) is 9.59 Å². The molecular formula is C18H15N5O2S. The molecule has 7 nitrogen and oxygen atoms in total. The van der Waals surface area contributed by atoms with Crippen LogP contribution in [-0.2, 0) is 13.1 Å². The molecule has 26 heavy (non-hydrogen) atoms. The van der Waals surface area contributed by atoms with Crippen molar-refractivity contribution >= 4 is 22.2 Å². The highest BCUT2D eigenvalue weighted by Crippen LogP contribution is 2.11. The Labute approximate surface area is 152 Å². The number of fused-ring (bicyclic) bond motifs is 1. The first-order valence-corrected chi connectivity index (χ1v) is 8.88. The zero-order valence-corrected chi connectivity index (χ0v) is 14.5. The first-order valence-electron chi connectivity index (χ1n) is 8.00. The molecular weight excluding hydrogens is 350 g/mol. The predicted molar refractivity (Wildman–Crippen MR) is 98.3 cm³/mol. The number of benzene rings is 1. The van der Waals surface area contributed by atoms with Crippen LogP contribution in [0.3, 0.4) is 0 Å². The van der Waals surface area contributed by atoms with E-state index in [0.29, 0.717) is 13.1 Å². The minimum absolute atomic E-state index is 0.196. The lowest BCUT2D eigenvalue weighted by atomic mass is 10.2. The quantitative estimate of drug-likeness (QED) is 0.586. The zero-order chi connectivity index (χ0) is 17.9. The van der Waals surface area contributed by atoms with Crippen molar-refractivity contribution in [2.75, 3.05) is 0 Å². The van der Waals surface area contributed by atoms with Crippen LogP contribution in [0.1, 0.15) is 21.7 Å². The SMILES string of the molecule is O=C(NCc1cn2ccsc2n1)c1ccc(=O)n(Cc2ccccc2)n1. The second kappa shape index (κ2) is 6.93. The van der Waals surface area contributed by atoms with Crippen LogP contribution >= 0.6 is 11.3 Å². The van der Waals surface area contributed by atoms with Gasteiger partial charge in [0.05, 0.1) is 18.8 Å². The second-order valence-electron chi connectivity index (χ2n) is 5.71. The fourth-order valence-corrected chi connectivity index (χ4v) is 3.28. The number of aromatic nitrogens is 4. The van der Waals surface area contributed by atoms with Crippen molar-refractivity contribution in [3.8, 4) is 0 Å². The van der Waals surface area contributed by atoms with E-state index in [4.69, 9.17) is 0 Å². The second-order valence-corrected chi connectivity index (χ2v) is 6.58. The maximum atomic E-state index is 12.4. The van der Waals surface area contributed by atoms with Crippen molar-refractivity contribution in [3.05, 3.63) is 87.5 Å². The summed E-state index contributed by atoms with van der Waals surface area (Å²) in [6, 6.07) is 12.3. The smallest absolute Gasteiger partial charge is 0.272 e. The lowest BCUT2D eigenvalue weighted by molar-refractivity contribution is 0.0943. The average Bonchev–Trinajstić information content (AvgIpc) is 3.24. The lowest BCUT2D eigenvalue weighted by Gasteiger charge is -2.07. The van der Waals surface area contributed by atoms with Crippen molar-refractivity contribution in [2.45, 2.75) is 13.1 Å². The van der Waals surface area contributed by atoms with Gasteiger partial charge in [0.2, 0.25) is 0 Å². The number of carbonyl (C=O) groups is 1. The Morgan fingerprint density at radius 1 is 1.15 bits per heavy atom. The summed E-state index contributed by atoms with van der Waals surface area (Å²) in [5, 5.41) is 8.92. The van der Waals surface area contributed by atoms with Gasteiger partial charge in [-0.2, -0.15) is 5.10 Å². The fourth-order valence-electron chi connectivity index (χ4n) is 2.56. The monoisotopic (exact) mass is 365 g/mol. The molecule has 4 rings (SSSR count). The Bertz CT molecular complexity index is 1080. The Kier molecular flexibility index (Phi) is 4.32.